The van der Waals surface area contributed by atoms with Gasteiger partial charge in [0.1, 0.15) is 0 Å². The molecular weight excluding hydrogens is 370 g/mol. The van der Waals surface area contributed by atoms with E-state index < -0.39 is 10.0 Å². The molecule has 0 radical (unpaired) electrons. The quantitative estimate of drug-likeness (QED) is 0.861. The summed E-state index contributed by atoms with van der Waals surface area (Å²) in [6.45, 7) is 6.33. The molecule has 1 aliphatic heterocycles. The summed E-state index contributed by atoms with van der Waals surface area (Å²) in [5.74, 6) is -0.297. The van der Waals surface area contributed by atoms with E-state index >= 15 is 0 Å². The maximum Gasteiger partial charge on any atom is 0.257 e. The molecule has 140 valence electrons. The normalized spacial score (nSPS) is 18.7. The number of aryl methyl sites for hydroxylation is 2. The van der Waals surface area contributed by atoms with Crippen LogP contribution in [0.3, 0.4) is 0 Å². The third kappa shape index (κ3) is 3.82. The number of nitrogens with zero attached hydrogens (tertiary/aromatic N) is 2. The molecular formula is C18H23N3O3S2. The number of piperidine rings is 1. The Balaban J connectivity index is 1.76. The first-order valence-corrected chi connectivity index (χ1v) is 10.9. The second-order valence-corrected chi connectivity index (χ2v) is 9.69. The van der Waals surface area contributed by atoms with Crippen LogP contribution in [0.4, 0.5) is 5.13 Å². The van der Waals surface area contributed by atoms with Crippen LogP contribution in [0.25, 0.3) is 0 Å². The fraction of sp³-hybridized carbons (Fsp3) is 0.444. The average Bonchev–Trinajstić information content (AvgIpc) is 2.92. The van der Waals surface area contributed by atoms with Gasteiger partial charge in [-0.2, -0.15) is 4.31 Å². The second-order valence-electron chi connectivity index (χ2n) is 6.60. The Morgan fingerprint density at radius 3 is 2.50 bits per heavy atom. The van der Waals surface area contributed by atoms with Crippen molar-refractivity contribution < 1.29 is 13.2 Å². The summed E-state index contributed by atoms with van der Waals surface area (Å²) in [7, 11) is -3.52. The van der Waals surface area contributed by atoms with Gasteiger partial charge >= 0.3 is 0 Å². The summed E-state index contributed by atoms with van der Waals surface area (Å²) in [6, 6.07) is 6.11. The van der Waals surface area contributed by atoms with Crippen LogP contribution in [0.15, 0.2) is 29.2 Å². The third-order valence-corrected chi connectivity index (χ3v) is 7.73. The minimum atomic E-state index is -3.52. The smallest absolute Gasteiger partial charge is 0.257 e. The van der Waals surface area contributed by atoms with E-state index in [2.05, 4.69) is 10.3 Å². The lowest BCUT2D eigenvalue weighted by Gasteiger charge is -2.32. The van der Waals surface area contributed by atoms with Crippen molar-refractivity contribution in [1.82, 2.24) is 9.29 Å². The number of carbonyl (C=O) groups excluding carboxylic acids is 1. The van der Waals surface area contributed by atoms with Gasteiger partial charge in [-0.3, -0.25) is 10.1 Å². The van der Waals surface area contributed by atoms with Crippen molar-refractivity contribution in [3.8, 4) is 0 Å². The fourth-order valence-corrected chi connectivity index (χ4v) is 5.55. The van der Waals surface area contributed by atoms with E-state index in [0.29, 0.717) is 17.2 Å². The minimum absolute atomic E-state index is 0.00751. The number of rotatable bonds is 4. The zero-order chi connectivity index (χ0) is 18.9. The second kappa shape index (κ2) is 7.46. The lowest BCUT2D eigenvalue weighted by molar-refractivity contribution is 0.102. The first-order chi connectivity index (χ1) is 12.3. The predicted octanol–water partition coefficient (Wildman–Crippen LogP) is 3.58. The minimum Gasteiger partial charge on any atom is -0.298 e. The van der Waals surface area contributed by atoms with Crippen LogP contribution >= 0.6 is 11.3 Å². The number of carbonyl (C=O) groups is 1. The number of hydrogen-bond acceptors (Lipinski definition) is 5. The lowest BCUT2D eigenvalue weighted by atomic mass is 10.1. The van der Waals surface area contributed by atoms with Gasteiger partial charge in [0.05, 0.1) is 10.6 Å². The molecule has 0 bridgehead atoms. The Morgan fingerprint density at radius 1 is 1.23 bits per heavy atom. The van der Waals surface area contributed by atoms with Crippen LogP contribution in [0, 0.1) is 13.8 Å². The molecule has 0 spiro atoms. The number of amides is 1. The fourth-order valence-electron chi connectivity index (χ4n) is 3.04. The van der Waals surface area contributed by atoms with Gasteiger partial charge < -0.3 is 0 Å². The molecule has 0 saturated carbocycles. The molecule has 6 nitrogen and oxygen atoms in total. The SMILES string of the molecule is Cc1nc(NC(=O)c2ccc(S(=O)(=O)N3CCCCC3C)cc2)sc1C. The number of thiazole rings is 1. The monoisotopic (exact) mass is 393 g/mol. The third-order valence-electron chi connectivity index (χ3n) is 4.71. The van der Waals surface area contributed by atoms with Crippen molar-refractivity contribution in [1.29, 1.82) is 0 Å². The predicted molar refractivity (Wildman–Crippen MR) is 103 cm³/mol. The van der Waals surface area contributed by atoms with E-state index in [1.54, 1.807) is 16.4 Å². The standard InChI is InChI=1S/C18H23N3O3S2/c1-12-6-4-5-11-21(12)26(23,24)16-9-7-15(8-10-16)17(22)20-18-19-13(2)14(3)25-18/h7-10,12H,4-6,11H2,1-3H3,(H,19,20,22). The van der Waals surface area contributed by atoms with E-state index in [4.69, 9.17) is 0 Å². The lowest BCUT2D eigenvalue weighted by Crippen LogP contribution is -2.41. The van der Waals surface area contributed by atoms with Crippen molar-refractivity contribution in [2.75, 3.05) is 11.9 Å². The van der Waals surface area contributed by atoms with Crippen molar-refractivity contribution in [2.45, 2.75) is 51.0 Å². The number of aromatic nitrogens is 1. The average molecular weight is 394 g/mol. The molecule has 1 aromatic heterocycles. The van der Waals surface area contributed by atoms with Crippen LogP contribution in [0.1, 0.15) is 47.1 Å². The maximum absolute atomic E-state index is 12.8. The Labute approximate surface area is 158 Å². The Bertz CT molecular complexity index is 885. The molecule has 1 saturated heterocycles. The van der Waals surface area contributed by atoms with Crippen molar-refractivity contribution >= 4 is 32.4 Å². The van der Waals surface area contributed by atoms with Crippen molar-refractivity contribution in [3.63, 3.8) is 0 Å². The zero-order valence-corrected chi connectivity index (χ0v) is 16.8. The number of anilines is 1. The van der Waals surface area contributed by atoms with Gasteiger partial charge in [0.2, 0.25) is 10.0 Å². The van der Waals surface area contributed by atoms with Crippen LogP contribution < -0.4 is 5.32 Å². The molecule has 1 amide bonds. The molecule has 1 unspecified atom stereocenters. The summed E-state index contributed by atoms with van der Waals surface area (Å²) in [5.41, 5.74) is 1.29. The van der Waals surface area contributed by atoms with E-state index in [0.717, 1.165) is 29.8 Å². The highest BCUT2D eigenvalue weighted by Crippen LogP contribution is 2.26. The summed E-state index contributed by atoms with van der Waals surface area (Å²) >= 11 is 1.42. The van der Waals surface area contributed by atoms with Gasteiger partial charge in [0, 0.05) is 23.0 Å². The first-order valence-electron chi connectivity index (χ1n) is 8.66. The highest BCUT2D eigenvalue weighted by molar-refractivity contribution is 7.89. The number of nitrogens with one attached hydrogen (secondary N) is 1. The molecule has 1 aromatic carbocycles. The molecule has 1 N–H and O–H groups in total. The molecule has 8 heteroatoms. The highest BCUT2D eigenvalue weighted by Gasteiger charge is 2.30. The molecule has 1 atom stereocenters. The van der Waals surface area contributed by atoms with Gasteiger partial charge in [0.15, 0.2) is 5.13 Å². The van der Waals surface area contributed by atoms with Crippen LogP contribution in [-0.2, 0) is 10.0 Å². The van der Waals surface area contributed by atoms with E-state index in [1.165, 1.54) is 23.5 Å². The molecule has 26 heavy (non-hydrogen) atoms. The molecule has 1 aliphatic rings. The van der Waals surface area contributed by atoms with Crippen molar-refractivity contribution in [2.24, 2.45) is 0 Å². The summed E-state index contributed by atoms with van der Waals surface area (Å²) in [6.07, 6.45) is 2.82. The number of benzene rings is 1. The topological polar surface area (TPSA) is 79.4 Å². The number of hydrogen-bond donors (Lipinski definition) is 1. The Hall–Kier alpha value is -1.77. The van der Waals surface area contributed by atoms with E-state index in [-0.39, 0.29) is 16.8 Å². The molecule has 0 aliphatic carbocycles. The summed E-state index contributed by atoms with van der Waals surface area (Å²) < 4.78 is 27.2. The van der Waals surface area contributed by atoms with Crippen LogP contribution in [-0.4, -0.2) is 36.2 Å². The Morgan fingerprint density at radius 2 is 1.92 bits per heavy atom. The Kier molecular flexibility index (Phi) is 5.45. The van der Waals surface area contributed by atoms with Crippen LogP contribution in [0.2, 0.25) is 0 Å². The highest BCUT2D eigenvalue weighted by atomic mass is 32.2. The summed E-state index contributed by atoms with van der Waals surface area (Å²) in [5, 5.41) is 3.30. The van der Waals surface area contributed by atoms with Gasteiger partial charge in [-0.15, -0.1) is 11.3 Å². The molecule has 2 heterocycles. The van der Waals surface area contributed by atoms with Gasteiger partial charge in [-0.25, -0.2) is 13.4 Å². The molecule has 2 aromatic rings. The maximum atomic E-state index is 12.8. The van der Waals surface area contributed by atoms with Gasteiger partial charge in [-0.05, 0) is 57.9 Å². The summed E-state index contributed by atoms with van der Waals surface area (Å²) in [4.78, 5) is 17.9. The van der Waals surface area contributed by atoms with E-state index in [9.17, 15) is 13.2 Å². The molecule has 3 rings (SSSR count). The van der Waals surface area contributed by atoms with Gasteiger partial charge in [-0.1, -0.05) is 6.42 Å². The zero-order valence-electron chi connectivity index (χ0n) is 15.2. The number of sulfonamides is 1. The van der Waals surface area contributed by atoms with E-state index in [1.807, 2.05) is 20.8 Å². The van der Waals surface area contributed by atoms with Crippen molar-refractivity contribution in [3.05, 3.63) is 40.4 Å². The van der Waals surface area contributed by atoms with Gasteiger partial charge in [0.25, 0.3) is 5.91 Å². The first kappa shape index (κ1) is 19.0. The largest absolute Gasteiger partial charge is 0.298 e. The van der Waals surface area contributed by atoms with Crippen LogP contribution in [0.5, 0.6) is 0 Å². The molecule has 1 fully saturated rings.